The summed E-state index contributed by atoms with van der Waals surface area (Å²) in [6.45, 7) is 1.97. The number of nitrogens with one attached hydrogen (secondary N) is 1. The van der Waals surface area contributed by atoms with Crippen LogP contribution in [0.15, 0.2) is 85.2 Å². The number of hydrogen-bond donors (Lipinski definition) is 1. The minimum Gasteiger partial charge on any atom is -0.345 e. The predicted molar refractivity (Wildman–Crippen MR) is 107 cm³/mol. The van der Waals surface area contributed by atoms with E-state index in [4.69, 9.17) is 4.98 Å². The van der Waals surface area contributed by atoms with Gasteiger partial charge in [-0.2, -0.15) is 0 Å². The van der Waals surface area contributed by atoms with Gasteiger partial charge in [-0.25, -0.2) is 4.98 Å². The lowest BCUT2D eigenvalue weighted by Gasteiger charge is -2.16. The SMILES string of the molecule is CC(NC(=O)c1cc(-c2ccccc2)nc2ccccc12)c1ccncc1. The van der Waals surface area contributed by atoms with Gasteiger partial charge in [0.25, 0.3) is 5.91 Å². The molecule has 2 aromatic carbocycles. The maximum absolute atomic E-state index is 13.1. The summed E-state index contributed by atoms with van der Waals surface area (Å²) in [6.07, 6.45) is 3.46. The van der Waals surface area contributed by atoms with Crippen molar-refractivity contribution in [2.75, 3.05) is 0 Å². The topological polar surface area (TPSA) is 54.9 Å². The number of hydrogen-bond acceptors (Lipinski definition) is 3. The number of benzene rings is 2. The third kappa shape index (κ3) is 3.55. The Morgan fingerprint density at radius 3 is 2.41 bits per heavy atom. The second-order valence-corrected chi connectivity index (χ2v) is 6.41. The van der Waals surface area contributed by atoms with E-state index in [1.807, 2.05) is 79.7 Å². The molecule has 0 saturated heterocycles. The molecule has 0 spiro atoms. The number of carbonyl (C=O) groups is 1. The molecule has 0 radical (unpaired) electrons. The Morgan fingerprint density at radius 1 is 0.926 bits per heavy atom. The summed E-state index contributed by atoms with van der Waals surface area (Å²) in [5, 5.41) is 3.93. The highest BCUT2D eigenvalue weighted by molar-refractivity contribution is 6.07. The van der Waals surface area contributed by atoms with Gasteiger partial charge in [-0.1, -0.05) is 48.5 Å². The number of carbonyl (C=O) groups excluding carboxylic acids is 1. The van der Waals surface area contributed by atoms with E-state index in [-0.39, 0.29) is 11.9 Å². The zero-order valence-corrected chi connectivity index (χ0v) is 15.0. The Hall–Kier alpha value is -3.53. The summed E-state index contributed by atoms with van der Waals surface area (Å²) in [5.74, 6) is -0.116. The second-order valence-electron chi connectivity index (χ2n) is 6.41. The maximum Gasteiger partial charge on any atom is 0.252 e. The summed E-state index contributed by atoms with van der Waals surface area (Å²) in [7, 11) is 0. The van der Waals surface area contributed by atoms with E-state index in [9.17, 15) is 4.79 Å². The summed E-state index contributed by atoms with van der Waals surface area (Å²) in [4.78, 5) is 21.8. The van der Waals surface area contributed by atoms with Crippen LogP contribution in [0, 0.1) is 0 Å². The van der Waals surface area contributed by atoms with Crippen molar-refractivity contribution in [3.63, 3.8) is 0 Å². The van der Waals surface area contributed by atoms with Crippen molar-refractivity contribution in [1.29, 1.82) is 0 Å². The van der Waals surface area contributed by atoms with E-state index in [1.54, 1.807) is 12.4 Å². The van der Waals surface area contributed by atoms with Gasteiger partial charge in [0.2, 0.25) is 0 Å². The zero-order chi connectivity index (χ0) is 18.6. The van der Waals surface area contributed by atoms with Crippen LogP contribution in [0.5, 0.6) is 0 Å². The van der Waals surface area contributed by atoms with Crippen molar-refractivity contribution in [3.05, 3.63) is 96.3 Å². The van der Waals surface area contributed by atoms with Gasteiger partial charge in [0.15, 0.2) is 0 Å². The summed E-state index contributed by atoms with van der Waals surface area (Å²) in [6, 6.07) is 23.2. The van der Waals surface area contributed by atoms with Gasteiger partial charge < -0.3 is 5.32 Å². The van der Waals surface area contributed by atoms with Gasteiger partial charge in [0, 0.05) is 23.3 Å². The first kappa shape index (κ1) is 16.9. The van der Waals surface area contributed by atoms with Crippen LogP contribution in [0.25, 0.3) is 22.2 Å². The fourth-order valence-corrected chi connectivity index (χ4v) is 3.13. The van der Waals surface area contributed by atoms with E-state index >= 15 is 0 Å². The van der Waals surface area contributed by atoms with Crippen LogP contribution in [0.4, 0.5) is 0 Å². The van der Waals surface area contributed by atoms with Crippen LogP contribution in [0.2, 0.25) is 0 Å². The third-order valence-electron chi connectivity index (χ3n) is 4.58. The number of fused-ring (bicyclic) bond motifs is 1. The number of rotatable bonds is 4. The normalized spacial score (nSPS) is 11.9. The zero-order valence-electron chi connectivity index (χ0n) is 15.0. The molecule has 4 rings (SSSR count). The Morgan fingerprint density at radius 2 is 1.63 bits per heavy atom. The summed E-state index contributed by atoms with van der Waals surface area (Å²) in [5.41, 5.74) is 4.22. The van der Waals surface area contributed by atoms with Gasteiger partial charge in [-0.3, -0.25) is 9.78 Å². The summed E-state index contributed by atoms with van der Waals surface area (Å²) < 4.78 is 0. The molecular weight excluding hydrogens is 334 g/mol. The molecule has 1 amide bonds. The minimum atomic E-state index is -0.118. The molecule has 27 heavy (non-hydrogen) atoms. The molecule has 0 fully saturated rings. The number of aromatic nitrogens is 2. The molecule has 1 atom stereocenters. The highest BCUT2D eigenvalue weighted by atomic mass is 16.1. The van der Waals surface area contributed by atoms with Crippen LogP contribution in [0.3, 0.4) is 0 Å². The molecule has 2 heterocycles. The lowest BCUT2D eigenvalue weighted by Crippen LogP contribution is -2.27. The van der Waals surface area contributed by atoms with E-state index in [1.165, 1.54) is 0 Å². The van der Waals surface area contributed by atoms with Crippen molar-refractivity contribution in [1.82, 2.24) is 15.3 Å². The monoisotopic (exact) mass is 353 g/mol. The predicted octanol–water partition coefficient (Wildman–Crippen LogP) is 4.79. The molecule has 0 bridgehead atoms. The average Bonchev–Trinajstić information content (AvgIpc) is 2.74. The molecule has 0 aliphatic rings. The standard InChI is InChI=1S/C23H19N3O/c1-16(17-11-13-24-14-12-17)25-23(27)20-15-22(18-7-3-2-4-8-18)26-21-10-6-5-9-19(20)21/h2-16H,1H3,(H,25,27). The molecule has 1 N–H and O–H groups in total. The van der Waals surface area contributed by atoms with Crippen molar-refractivity contribution >= 4 is 16.8 Å². The lowest BCUT2D eigenvalue weighted by molar-refractivity contribution is 0.0941. The van der Waals surface area contributed by atoms with Crippen LogP contribution >= 0.6 is 0 Å². The molecule has 4 nitrogen and oxygen atoms in total. The highest BCUT2D eigenvalue weighted by Crippen LogP contribution is 2.25. The van der Waals surface area contributed by atoms with Gasteiger partial charge >= 0.3 is 0 Å². The van der Waals surface area contributed by atoms with Crippen molar-refractivity contribution in [2.24, 2.45) is 0 Å². The Bertz CT molecular complexity index is 1080. The van der Waals surface area contributed by atoms with Crippen LogP contribution in [-0.4, -0.2) is 15.9 Å². The Balaban J connectivity index is 1.74. The second kappa shape index (κ2) is 7.38. The van der Waals surface area contributed by atoms with E-state index in [0.29, 0.717) is 5.56 Å². The smallest absolute Gasteiger partial charge is 0.252 e. The van der Waals surface area contributed by atoms with Gasteiger partial charge in [0.05, 0.1) is 22.8 Å². The fourth-order valence-electron chi connectivity index (χ4n) is 3.13. The Kier molecular flexibility index (Phi) is 4.62. The molecule has 132 valence electrons. The Labute approximate surface area is 157 Å². The van der Waals surface area contributed by atoms with E-state index < -0.39 is 0 Å². The largest absolute Gasteiger partial charge is 0.345 e. The first-order valence-corrected chi connectivity index (χ1v) is 8.88. The van der Waals surface area contributed by atoms with Crippen LogP contribution in [-0.2, 0) is 0 Å². The maximum atomic E-state index is 13.1. The molecule has 0 aliphatic heterocycles. The van der Waals surface area contributed by atoms with Crippen LogP contribution in [0.1, 0.15) is 28.9 Å². The van der Waals surface area contributed by atoms with Gasteiger partial charge in [0.1, 0.15) is 0 Å². The molecule has 0 aliphatic carbocycles. The first-order valence-electron chi connectivity index (χ1n) is 8.88. The molecule has 1 unspecified atom stereocenters. The summed E-state index contributed by atoms with van der Waals surface area (Å²) >= 11 is 0. The number of amides is 1. The highest BCUT2D eigenvalue weighted by Gasteiger charge is 2.16. The quantitative estimate of drug-likeness (QED) is 0.574. The van der Waals surface area contributed by atoms with Gasteiger partial charge in [-0.15, -0.1) is 0 Å². The van der Waals surface area contributed by atoms with E-state index in [0.717, 1.165) is 27.7 Å². The molecule has 4 heteroatoms. The molecule has 2 aromatic heterocycles. The van der Waals surface area contributed by atoms with Crippen molar-refractivity contribution in [2.45, 2.75) is 13.0 Å². The number of pyridine rings is 2. The number of nitrogens with zero attached hydrogens (tertiary/aromatic N) is 2. The first-order chi connectivity index (χ1) is 13.2. The fraction of sp³-hybridized carbons (Fsp3) is 0.0870. The minimum absolute atomic E-state index is 0.116. The lowest BCUT2D eigenvalue weighted by atomic mass is 10.0. The molecule has 4 aromatic rings. The van der Waals surface area contributed by atoms with Crippen LogP contribution < -0.4 is 5.32 Å². The third-order valence-corrected chi connectivity index (χ3v) is 4.58. The van der Waals surface area contributed by atoms with E-state index in [2.05, 4.69) is 10.3 Å². The molecular formula is C23H19N3O. The van der Waals surface area contributed by atoms with Crippen molar-refractivity contribution < 1.29 is 4.79 Å². The van der Waals surface area contributed by atoms with Crippen molar-refractivity contribution in [3.8, 4) is 11.3 Å². The molecule has 0 saturated carbocycles. The average molecular weight is 353 g/mol. The number of para-hydroxylation sites is 1. The van der Waals surface area contributed by atoms with Gasteiger partial charge in [-0.05, 0) is 36.8 Å².